The normalized spacial score (nSPS) is 30.9. The Labute approximate surface area is 114 Å². The number of halogens is 1. The SMILES string of the molecule is CC1(C)CC(C)(C)CC(C)(N2CCCC2)C1.Cl. The van der Waals surface area contributed by atoms with Crippen LogP contribution in [0.3, 0.4) is 0 Å². The van der Waals surface area contributed by atoms with Gasteiger partial charge < -0.3 is 0 Å². The number of likely N-dealkylation sites (tertiary alicyclic amines) is 1. The largest absolute Gasteiger partial charge is 0.298 e. The monoisotopic (exact) mass is 259 g/mol. The zero-order valence-electron chi connectivity index (χ0n) is 12.3. The van der Waals surface area contributed by atoms with E-state index in [2.05, 4.69) is 39.5 Å². The second-order valence-corrected chi connectivity index (χ2v) is 8.05. The lowest BCUT2D eigenvalue weighted by molar-refractivity contribution is -0.0274. The Morgan fingerprint density at radius 1 is 0.706 bits per heavy atom. The van der Waals surface area contributed by atoms with E-state index in [1.807, 2.05) is 0 Å². The van der Waals surface area contributed by atoms with Gasteiger partial charge in [0, 0.05) is 5.54 Å². The molecule has 0 unspecified atom stereocenters. The highest BCUT2D eigenvalue weighted by Gasteiger charge is 2.47. The van der Waals surface area contributed by atoms with Crippen LogP contribution >= 0.6 is 12.4 Å². The molecule has 2 heteroatoms. The van der Waals surface area contributed by atoms with E-state index >= 15 is 0 Å². The van der Waals surface area contributed by atoms with Gasteiger partial charge in [-0.05, 0) is 62.9 Å². The van der Waals surface area contributed by atoms with Crippen molar-refractivity contribution in [3.05, 3.63) is 0 Å². The van der Waals surface area contributed by atoms with Crippen molar-refractivity contribution in [2.45, 2.75) is 72.3 Å². The predicted octanol–water partition coefficient (Wildman–Crippen LogP) is 4.50. The van der Waals surface area contributed by atoms with Gasteiger partial charge in [-0.3, -0.25) is 4.90 Å². The minimum absolute atomic E-state index is 0. The van der Waals surface area contributed by atoms with Crippen LogP contribution in [-0.2, 0) is 0 Å². The van der Waals surface area contributed by atoms with Crippen molar-refractivity contribution in [3.8, 4) is 0 Å². The summed E-state index contributed by atoms with van der Waals surface area (Å²) in [6, 6.07) is 0. The van der Waals surface area contributed by atoms with E-state index in [0.29, 0.717) is 16.4 Å². The molecule has 1 heterocycles. The zero-order chi connectivity index (χ0) is 12.0. The molecule has 1 nitrogen and oxygen atoms in total. The summed E-state index contributed by atoms with van der Waals surface area (Å²) in [7, 11) is 0. The summed E-state index contributed by atoms with van der Waals surface area (Å²) in [6.45, 7) is 15.0. The molecule has 0 amide bonds. The standard InChI is InChI=1S/C15H29N.ClH/c1-13(2)10-14(3,4)12-15(5,11-13)16-8-6-7-9-16;/h6-12H2,1-5H3;1H. The summed E-state index contributed by atoms with van der Waals surface area (Å²) in [6.07, 6.45) is 6.96. The van der Waals surface area contributed by atoms with Crippen LogP contribution in [0, 0.1) is 10.8 Å². The molecule has 0 atom stereocenters. The third-order valence-corrected chi connectivity index (χ3v) is 4.55. The number of hydrogen-bond acceptors (Lipinski definition) is 1. The highest BCUT2D eigenvalue weighted by molar-refractivity contribution is 5.85. The van der Waals surface area contributed by atoms with Crippen molar-refractivity contribution in [1.82, 2.24) is 4.90 Å². The second kappa shape index (κ2) is 4.74. The van der Waals surface area contributed by atoms with Crippen LogP contribution in [0.1, 0.15) is 66.7 Å². The molecular weight excluding hydrogens is 230 g/mol. The van der Waals surface area contributed by atoms with Crippen LogP contribution in [0.4, 0.5) is 0 Å². The first-order valence-corrected chi connectivity index (χ1v) is 6.98. The minimum Gasteiger partial charge on any atom is -0.298 e. The molecule has 2 aliphatic rings. The Kier molecular flexibility index (Phi) is 4.26. The van der Waals surface area contributed by atoms with Crippen molar-refractivity contribution in [2.75, 3.05) is 13.1 Å². The number of hydrogen-bond donors (Lipinski definition) is 0. The Balaban J connectivity index is 0.00000144. The van der Waals surface area contributed by atoms with E-state index in [9.17, 15) is 0 Å². The van der Waals surface area contributed by atoms with Crippen LogP contribution in [0.2, 0.25) is 0 Å². The van der Waals surface area contributed by atoms with Gasteiger partial charge in [0.15, 0.2) is 0 Å². The van der Waals surface area contributed by atoms with Crippen LogP contribution in [-0.4, -0.2) is 23.5 Å². The third-order valence-electron chi connectivity index (χ3n) is 4.55. The average molecular weight is 260 g/mol. The zero-order valence-corrected chi connectivity index (χ0v) is 13.1. The molecule has 0 spiro atoms. The molecule has 102 valence electrons. The van der Waals surface area contributed by atoms with Crippen LogP contribution in [0.15, 0.2) is 0 Å². The Bertz CT molecular complexity index is 248. The molecule has 0 radical (unpaired) electrons. The summed E-state index contributed by atoms with van der Waals surface area (Å²) < 4.78 is 0. The molecule has 2 fully saturated rings. The highest BCUT2D eigenvalue weighted by atomic mass is 35.5. The molecule has 1 aliphatic heterocycles. The lowest BCUT2D eigenvalue weighted by Crippen LogP contribution is -2.54. The summed E-state index contributed by atoms with van der Waals surface area (Å²) >= 11 is 0. The van der Waals surface area contributed by atoms with E-state index in [0.717, 1.165) is 0 Å². The Morgan fingerprint density at radius 2 is 1.12 bits per heavy atom. The van der Waals surface area contributed by atoms with Gasteiger partial charge in [0.25, 0.3) is 0 Å². The summed E-state index contributed by atoms with van der Waals surface area (Å²) in [5.74, 6) is 0. The van der Waals surface area contributed by atoms with Gasteiger partial charge in [-0.25, -0.2) is 0 Å². The summed E-state index contributed by atoms with van der Waals surface area (Å²) in [4.78, 5) is 2.77. The molecule has 17 heavy (non-hydrogen) atoms. The van der Waals surface area contributed by atoms with E-state index in [1.165, 1.54) is 45.2 Å². The molecule has 1 saturated heterocycles. The van der Waals surface area contributed by atoms with Crippen molar-refractivity contribution < 1.29 is 0 Å². The molecule has 0 N–H and O–H groups in total. The Morgan fingerprint density at radius 3 is 1.53 bits per heavy atom. The Hall–Kier alpha value is 0.250. The highest BCUT2D eigenvalue weighted by Crippen LogP contribution is 2.52. The smallest absolute Gasteiger partial charge is 0.0191 e. The van der Waals surface area contributed by atoms with Crippen LogP contribution < -0.4 is 0 Å². The molecule has 0 aromatic rings. The molecule has 0 aromatic heterocycles. The molecule has 1 aliphatic carbocycles. The molecule has 0 aromatic carbocycles. The first-order chi connectivity index (χ1) is 7.23. The lowest BCUT2D eigenvalue weighted by Gasteiger charge is -2.54. The fourth-order valence-corrected chi connectivity index (χ4v) is 5.03. The quantitative estimate of drug-likeness (QED) is 0.670. The fraction of sp³-hybridized carbons (Fsp3) is 1.00. The fourth-order valence-electron chi connectivity index (χ4n) is 5.03. The van der Waals surface area contributed by atoms with E-state index < -0.39 is 0 Å². The van der Waals surface area contributed by atoms with Gasteiger partial charge in [-0.2, -0.15) is 0 Å². The number of rotatable bonds is 1. The van der Waals surface area contributed by atoms with Gasteiger partial charge in [0.1, 0.15) is 0 Å². The van der Waals surface area contributed by atoms with Crippen molar-refractivity contribution >= 4 is 12.4 Å². The van der Waals surface area contributed by atoms with Gasteiger partial charge >= 0.3 is 0 Å². The van der Waals surface area contributed by atoms with E-state index in [4.69, 9.17) is 0 Å². The minimum atomic E-state index is 0. The van der Waals surface area contributed by atoms with Crippen LogP contribution in [0.5, 0.6) is 0 Å². The molecular formula is C15H30ClN. The van der Waals surface area contributed by atoms with Crippen molar-refractivity contribution in [3.63, 3.8) is 0 Å². The van der Waals surface area contributed by atoms with Gasteiger partial charge in [-0.15, -0.1) is 12.4 Å². The van der Waals surface area contributed by atoms with E-state index in [1.54, 1.807) is 0 Å². The van der Waals surface area contributed by atoms with Crippen LogP contribution in [0.25, 0.3) is 0 Å². The molecule has 0 bridgehead atoms. The third kappa shape index (κ3) is 3.38. The summed E-state index contributed by atoms with van der Waals surface area (Å²) in [5.41, 5.74) is 1.49. The van der Waals surface area contributed by atoms with Gasteiger partial charge in [0.05, 0.1) is 0 Å². The van der Waals surface area contributed by atoms with Gasteiger partial charge in [-0.1, -0.05) is 27.7 Å². The van der Waals surface area contributed by atoms with Gasteiger partial charge in [0.2, 0.25) is 0 Å². The maximum Gasteiger partial charge on any atom is 0.0191 e. The topological polar surface area (TPSA) is 3.24 Å². The molecule has 1 saturated carbocycles. The van der Waals surface area contributed by atoms with Crippen molar-refractivity contribution in [1.29, 1.82) is 0 Å². The van der Waals surface area contributed by atoms with Crippen molar-refractivity contribution in [2.24, 2.45) is 10.8 Å². The summed E-state index contributed by atoms with van der Waals surface area (Å²) in [5, 5.41) is 0. The second-order valence-electron chi connectivity index (χ2n) is 8.05. The molecule has 2 rings (SSSR count). The first-order valence-electron chi connectivity index (χ1n) is 6.98. The average Bonchev–Trinajstić information content (AvgIpc) is 2.46. The first kappa shape index (κ1) is 15.3. The lowest BCUT2D eigenvalue weighted by atomic mass is 9.58. The van der Waals surface area contributed by atoms with E-state index in [-0.39, 0.29) is 12.4 Å². The maximum absolute atomic E-state index is 2.77. The maximum atomic E-state index is 2.77. The predicted molar refractivity (Wildman–Crippen MR) is 77.9 cm³/mol. The number of nitrogens with zero attached hydrogens (tertiary/aromatic N) is 1.